The summed E-state index contributed by atoms with van der Waals surface area (Å²) in [5, 5.41) is 0. The summed E-state index contributed by atoms with van der Waals surface area (Å²) >= 11 is 0. The second-order valence-electron chi connectivity index (χ2n) is 8.30. The van der Waals surface area contributed by atoms with E-state index in [9.17, 15) is 13.2 Å². The Labute approximate surface area is 186 Å². The molecule has 2 aromatic carbocycles. The quantitative estimate of drug-likeness (QED) is 0.629. The molecule has 6 nitrogen and oxygen atoms in total. The molecule has 7 heteroatoms. The van der Waals surface area contributed by atoms with E-state index in [-0.39, 0.29) is 5.91 Å². The van der Waals surface area contributed by atoms with Crippen LogP contribution in [-0.4, -0.2) is 63.1 Å². The smallest absolute Gasteiger partial charge is 0.232 e. The lowest BCUT2D eigenvalue weighted by Crippen LogP contribution is -2.48. The summed E-state index contributed by atoms with van der Waals surface area (Å²) < 4.78 is 26.2. The lowest BCUT2D eigenvalue weighted by atomic mass is 10.1. The Balaban J connectivity index is 1.50. The van der Waals surface area contributed by atoms with Crippen molar-refractivity contribution >= 4 is 21.6 Å². The Morgan fingerprint density at radius 1 is 0.968 bits per heavy atom. The fourth-order valence-corrected chi connectivity index (χ4v) is 5.02. The summed E-state index contributed by atoms with van der Waals surface area (Å²) in [4.78, 5) is 17.0. The van der Waals surface area contributed by atoms with E-state index < -0.39 is 10.0 Å². The molecule has 1 aliphatic heterocycles. The van der Waals surface area contributed by atoms with Gasteiger partial charge < -0.3 is 4.90 Å². The van der Waals surface area contributed by atoms with Gasteiger partial charge >= 0.3 is 0 Å². The van der Waals surface area contributed by atoms with E-state index in [1.165, 1.54) is 16.1 Å². The van der Waals surface area contributed by atoms with Crippen LogP contribution in [0.4, 0.5) is 5.69 Å². The highest BCUT2D eigenvalue weighted by Gasteiger charge is 2.23. The number of aryl methyl sites for hydroxylation is 1. The van der Waals surface area contributed by atoms with Gasteiger partial charge in [0.25, 0.3) is 0 Å². The molecule has 1 saturated heterocycles. The third kappa shape index (κ3) is 6.31. The van der Waals surface area contributed by atoms with Crippen molar-refractivity contribution in [1.29, 1.82) is 0 Å². The first-order chi connectivity index (χ1) is 14.8. The normalized spacial score (nSPS) is 15.1. The van der Waals surface area contributed by atoms with Crippen LogP contribution < -0.4 is 4.31 Å². The van der Waals surface area contributed by atoms with E-state index in [2.05, 4.69) is 17.0 Å². The largest absolute Gasteiger partial charge is 0.340 e. The SMILES string of the molecule is Cc1cccc(N(CCCC(=O)N2CCN(Cc3ccccc3)CC2)S(C)(=O)=O)c1C. The van der Waals surface area contributed by atoms with Crippen molar-refractivity contribution in [2.45, 2.75) is 33.2 Å². The molecule has 0 saturated carbocycles. The van der Waals surface area contributed by atoms with Gasteiger partial charge in [-0.05, 0) is 43.0 Å². The zero-order valence-corrected chi connectivity index (χ0v) is 19.6. The molecule has 1 fully saturated rings. The van der Waals surface area contributed by atoms with E-state index in [1.54, 1.807) is 0 Å². The van der Waals surface area contributed by atoms with Crippen LogP contribution in [0.1, 0.15) is 29.5 Å². The minimum atomic E-state index is -3.42. The van der Waals surface area contributed by atoms with Crippen LogP contribution in [0.15, 0.2) is 48.5 Å². The average Bonchev–Trinajstić information content (AvgIpc) is 2.74. The van der Waals surface area contributed by atoms with Gasteiger partial charge in [-0.3, -0.25) is 14.0 Å². The van der Waals surface area contributed by atoms with Crippen LogP contribution in [0.25, 0.3) is 0 Å². The number of carbonyl (C=O) groups is 1. The Morgan fingerprint density at radius 2 is 1.65 bits per heavy atom. The number of hydrogen-bond donors (Lipinski definition) is 0. The number of anilines is 1. The molecule has 168 valence electrons. The number of sulfonamides is 1. The van der Waals surface area contributed by atoms with E-state index in [1.807, 2.05) is 55.1 Å². The van der Waals surface area contributed by atoms with Crippen LogP contribution in [0.2, 0.25) is 0 Å². The molecule has 0 spiro atoms. The summed E-state index contributed by atoms with van der Waals surface area (Å²) in [5.74, 6) is 0.105. The zero-order valence-electron chi connectivity index (χ0n) is 18.8. The predicted molar refractivity (Wildman–Crippen MR) is 126 cm³/mol. The second kappa shape index (κ2) is 10.3. The van der Waals surface area contributed by atoms with Gasteiger partial charge in [-0.2, -0.15) is 0 Å². The fraction of sp³-hybridized carbons (Fsp3) is 0.458. The van der Waals surface area contributed by atoms with Gasteiger partial charge in [0.1, 0.15) is 0 Å². The molecule has 0 N–H and O–H groups in total. The third-order valence-electron chi connectivity index (χ3n) is 5.97. The van der Waals surface area contributed by atoms with Crippen molar-refractivity contribution in [2.24, 2.45) is 0 Å². The highest BCUT2D eigenvalue weighted by atomic mass is 32.2. The van der Waals surface area contributed by atoms with Crippen molar-refractivity contribution < 1.29 is 13.2 Å². The molecule has 3 rings (SSSR count). The third-order valence-corrected chi connectivity index (χ3v) is 7.15. The Hall–Kier alpha value is -2.38. The number of carbonyl (C=O) groups excluding carboxylic acids is 1. The zero-order chi connectivity index (χ0) is 22.4. The summed E-state index contributed by atoms with van der Waals surface area (Å²) in [6.07, 6.45) is 2.08. The molecule has 0 bridgehead atoms. The number of amides is 1. The molecule has 31 heavy (non-hydrogen) atoms. The Bertz CT molecular complexity index is 984. The average molecular weight is 444 g/mol. The van der Waals surface area contributed by atoms with Crippen LogP contribution in [0, 0.1) is 13.8 Å². The van der Waals surface area contributed by atoms with Crippen molar-refractivity contribution in [2.75, 3.05) is 43.3 Å². The van der Waals surface area contributed by atoms with Gasteiger partial charge in [0, 0.05) is 45.7 Å². The van der Waals surface area contributed by atoms with Crippen molar-refractivity contribution in [3.05, 3.63) is 65.2 Å². The van der Waals surface area contributed by atoms with E-state index in [4.69, 9.17) is 0 Å². The summed E-state index contributed by atoms with van der Waals surface area (Å²) in [5.41, 5.74) is 3.99. The van der Waals surface area contributed by atoms with Crippen molar-refractivity contribution in [1.82, 2.24) is 9.80 Å². The minimum Gasteiger partial charge on any atom is -0.340 e. The number of hydrogen-bond acceptors (Lipinski definition) is 4. The molecule has 1 heterocycles. The van der Waals surface area contributed by atoms with Gasteiger partial charge in [0.2, 0.25) is 15.9 Å². The highest BCUT2D eigenvalue weighted by molar-refractivity contribution is 7.92. The van der Waals surface area contributed by atoms with E-state index in [0.717, 1.165) is 43.9 Å². The maximum Gasteiger partial charge on any atom is 0.232 e. The van der Waals surface area contributed by atoms with Gasteiger partial charge in [0.05, 0.1) is 11.9 Å². The molecule has 0 atom stereocenters. The van der Waals surface area contributed by atoms with Gasteiger partial charge in [-0.1, -0.05) is 42.5 Å². The lowest BCUT2D eigenvalue weighted by Gasteiger charge is -2.35. The molecule has 0 aromatic heterocycles. The fourth-order valence-electron chi connectivity index (χ4n) is 4.00. The maximum atomic E-state index is 12.7. The number of benzene rings is 2. The molecule has 1 aliphatic rings. The number of piperazine rings is 1. The highest BCUT2D eigenvalue weighted by Crippen LogP contribution is 2.25. The van der Waals surface area contributed by atoms with E-state index in [0.29, 0.717) is 25.1 Å². The first-order valence-corrected chi connectivity index (χ1v) is 12.7. The summed E-state index contributed by atoms with van der Waals surface area (Å²) in [6.45, 7) is 8.28. The monoisotopic (exact) mass is 443 g/mol. The molecule has 0 unspecified atom stereocenters. The van der Waals surface area contributed by atoms with Gasteiger partial charge in [-0.15, -0.1) is 0 Å². The molecule has 2 aromatic rings. The lowest BCUT2D eigenvalue weighted by molar-refractivity contribution is -0.133. The minimum absolute atomic E-state index is 0.105. The Kier molecular flexibility index (Phi) is 7.73. The maximum absolute atomic E-state index is 12.7. The van der Waals surface area contributed by atoms with E-state index >= 15 is 0 Å². The van der Waals surface area contributed by atoms with Crippen LogP contribution >= 0.6 is 0 Å². The van der Waals surface area contributed by atoms with Crippen molar-refractivity contribution in [3.8, 4) is 0 Å². The van der Waals surface area contributed by atoms with Crippen LogP contribution in [0.5, 0.6) is 0 Å². The number of nitrogens with zero attached hydrogens (tertiary/aromatic N) is 3. The topological polar surface area (TPSA) is 60.9 Å². The first-order valence-electron chi connectivity index (χ1n) is 10.8. The van der Waals surface area contributed by atoms with Crippen molar-refractivity contribution in [3.63, 3.8) is 0 Å². The summed E-state index contributed by atoms with van der Waals surface area (Å²) in [6, 6.07) is 16.0. The standard InChI is InChI=1S/C24H33N3O3S/c1-20-9-7-12-23(21(20)2)27(31(3,29)30)14-8-13-24(28)26-17-15-25(16-18-26)19-22-10-5-4-6-11-22/h4-7,9-12H,8,13-19H2,1-3H3. The summed E-state index contributed by atoms with van der Waals surface area (Å²) in [7, 11) is -3.42. The van der Waals surface area contributed by atoms with Crippen LogP contribution in [-0.2, 0) is 21.4 Å². The van der Waals surface area contributed by atoms with Crippen LogP contribution in [0.3, 0.4) is 0 Å². The molecule has 0 aliphatic carbocycles. The molecule has 0 radical (unpaired) electrons. The predicted octanol–water partition coefficient (Wildman–Crippen LogP) is 3.19. The number of rotatable bonds is 8. The molecular formula is C24H33N3O3S. The molecular weight excluding hydrogens is 410 g/mol. The second-order valence-corrected chi connectivity index (χ2v) is 10.2. The first kappa shape index (κ1) is 23.3. The Morgan fingerprint density at radius 3 is 2.29 bits per heavy atom. The van der Waals surface area contributed by atoms with Gasteiger partial charge in [0.15, 0.2) is 0 Å². The molecule has 1 amide bonds. The van der Waals surface area contributed by atoms with Gasteiger partial charge in [-0.25, -0.2) is 8.42 Å².